The highest BCUT2D eigenvalue weighted by Crippen LogP contribution is 2.54. The third kappa shape index (κ3) is 6.26. The number of rotatable bonds is 8. The first-order valence-electron chi connectivity index (χ1n) is 16.3. The number of carbonyl (C=O) groups is 4. The summed E-state index contributed by atoms with van der Waals surface area (Å²) >= 11 is 0. The average molecular weight is 680 g/mol. The molecule has 49 heavy (non-hydrogen) atoms. The van der Waals surface area contributed by atoms with E-state index in [9.17, 15) is 29.5 Å². The number of ether oxygens (including phenoxy) is 4. The number of alkyl carbamates (subject to hydrolysis) is 1. The Hall–Kier alpha value is -4.45. The van der Waals surface area contributed by atoms with Crippen LogP contribution < -0.4 is 20.1 Å². The fourth-order valence-electron chi connectivity index (χ4n) is 7.72. The van der Waals surface area contributed by atoms with Gasteiger partial charge in [0, 0.05) is 48.0 Å². The Kier molecular flexibility index (Phi) is 9.84. The zero-order chi connectivity index (χ0) is 36.1. The highest BCUT2D eigenvalue weighted by Gasteiger charge is 2.57. The molecule has 3 aliphatic heterocycles. The second kappa shape index (κ2) is 13.5. The lowest BCUT2D eigenvalue weighted by molar-refractivity contribution is -0.134. The maximum atomic E-state index is 13.7. The fraction of sp³-hybridized carbons (Fsp3) is 0.571. The predicted octanol–water partition coefficient (Wildman–Crippen LogP) is 2.54. The molecule has 1 aromatic carbocycles. The van der Waals surface area contributed by atoms with Crippen molar-refractivity contribution in [1.82, 2.24) is 20.4 Å². The topological polar surface area (TPSA) is 180 Å². The largest absolute Gasteiger partial charge is 0.507 e. The zero-order valence-electron chi connectivity index (χ0n) is 29.4. The third-order valence-corrected chi connectivity index (χ3v) is 9.78. The van der Waals surface area contributed by atoms with Gasteiger partial charge in [-0.05, 0) is 72.6 Å². The molecule has 1 aliphatic carbocycles. The molecule has 264 valence electrons. The van der Waals surface area contributed by atoms with Crippen LogP contribution in [0.3, 0.4) is 0 Å². The van der Waals surface area contributed by atoms with Gasteiger partial charge >= 0.3 is 6.09 Å². The molecule has 0 aromatic heterocycles. The highest BCUT2D eigenvalue weighted by atomic mass is 16.7. The minimum atomic E-state index is -1.01. The molecule has 0 saturated carbocycles. The number of amides is 2. The molecular formula is C35H45N5O9. The Labute approximate surface area is 286 Å². The number of Topliss-reactive ketones (excluding diaryl/α,β-unsaturated/α-hetero) is 2. The Morgan fingerprint density at radius 2 is 1.82 bits per heavy atom. The van der Waals surface area contributed by atoms with Crippen molar-refractivity contribution in [3.8, 4) is 17.6 Å². The van der Waals surface area contributed by atoms with Crippen LogP contribution in [0, 0.1) is 18.3 Å². The van der Waals surface area contributed by atoms with Gasteiger partial charge in [-0.1, -0.05) is 6.07 Å². The molecule has 14 heteroatoms. The maximum absolute atomic E-state index is 13.7. The SMILES string of the molecule is COCOc1c(OC)c(C)cc2c1C1C3CC4=C(C(=O)C(=O)C(C)=C4O)[C@H](CNC(=O)[C@H](C)NC(=O)OC(C)(C)C)N3[C@@H](C#N)[C@H](C2)N1C. The summed E-state index contributed by atoms with van der Waals surface area (Å²) in [7, 11) is 5.02. The summed E-state index contributed by atoms with van der Waals surface area (Å²) in [5.41, 5.74) is 2.20. The van der Waals surface area contributed by atoms with E-state index in [0.29, 0.717) is 23.5 Å². The van der Waals surface area contributed by atoms with Gasteiger partial charge in [0.05, 0.1) is 25.3 Å². The van der Waals surface area contributed by atoms with Crippen molar-refractivity contribution < 1.29 is 43.2 Å². The lowest BCUT2D eigenvalue weighted by atomic mass is 9.70. The van der Waals surface area contributed by atoms with E-state index in [-0.39, 0.29) is 42.7 Å². The molecule has 1 fully saturated rings. The van der Waals surface area contributed by atoms with Crippen LogP contribution in [-0.2, 0) is 30.3 Å². The number of benzene rings is 1. The van der Waals surface area contributed by atoms with Crippen molar-refractivity contribution in [1.29, 1.82) is 5.26 Å². The Morgan fingerprint density at radius 1 is 1.12 bits per heavy atom. The molecule has 0 spiro atoms. The van der Waals surface area contributed by atoms with Crippen molar-refractivity contribution in [2.24, 2.45) is 0 Å². The minimum Gasteiger partial charge on any atom is -0.507 e. The number of piperazine rings is 1. The molecule has 5 rings (SSSR count). The number of ketones is 2. The van der Waals surface area contributed by atoms with Crippen molar-refractivity contribution >= 4 is 23.6 Å². The molecule has 3 N–H and O–H groups in total. The number of likely N-dealkylation sites (N-methyl/N-ethyl adjacent to an activating group) is 1. The maximum Gasteiger partial charge on any atom is 0.408 e. The van der Waals surface area contributed by atoms with Crippen LogP contribution in [0.4, 0.5) is 4.79 Å². The summed E-state index contributed by atoms with van der Waals surface area (Å²) < 4.78 is 22.5. The second-order valence-electron chi connectivity index (χ2n) is 14.0. The van der Waals surface area contributed by atoms with E-state index in [1.807, 2.05) is 24.9 Å². The number of allylic oxidation sites excluding steroid dienone is 2. The summed E-state index contributed by atoms with van der Waals surface area (Å²) in [6.45, 7) is 9.71. The van der Waals surface area contributed by atoms with E-state index in [0.717, 1.165) is 16.7 Å². The molecule has 4 aliphatic rings. The zero-order valence-corrected chi connectivity index (χ0v) is 29.4. The number of hydrogen-bond donors (Lipinski definition) is 3. The molecular weight excluding hydrogens is 634 g/mol. The van der Waals surface area contributed by atoms with Crippen molar-refractivity contribution in [2.75, 3.05) is 34.6 Å². The van der Waals surface area contributed by atoms with Crippen LogP contribution in [0.2, 0.25) is 0 Å². The van der Waals surface area contributed by atoms with Crippen LogP contribution in [0.5, 0.6) is 11.5 Å². The fourth-order valence-corrected chi connectivity index (χ4v) is 7.72. The number of nitriles is 1. The lowest BCUT2D eigenvalue weighted by Gasteiger charge is -2.60. The molecule has 2 bridgehead atoms. The Bertz CT molecular complexity index is 1690. The first kappa shape index (κ1) is 35.8. The van der Waals surface area contributed by atoms with Gasteiger partial charge in [0.1, 0.15) is 23.4 Å². The van der Waals surface area contributed by atoms with E-state index in [1.165, 1.54) is 21.0 Å². The first-order chi connectivity index (χ1) is 23.1. The standard InChI is InChI=1S/C35H45N5O9/c1-16-10-19-11-21-23(13-36)40-22(27(39(21)7)25(19)32(31(16)47-9)48-15-46-8)12-20-26(30(43)29(42)17(2)28(20)41)24(40)14-37-33(44)18(3)38-34(45)49-35(4,5)6/h10,18,21-24,27,41H,11-12,14-15H2,1-9H3,(H,37,44)(H,38,45)/t18-,21-,22?,23-,24-,27?/m0/s1. The van der Waals surface area contributed by atoms with Gasteiger partial charge in [-0.25, -0.2) is 4.79 Å². The molecule has 14 nitrogen and oxygen atoms in total. The van der Waals surface area contributed by atoms with Gasteiger partial charge in [0.2, 0.25) is 17.5 Å². The van der Waals surface area contributed by atoms with Crippen LogP contribution in [0.15, 0.2) is 28.5 Å². The van der Waals surface area contributed by atoms with Gasteiger partial charge in [-0.2, -0.15) is 5.26 Å². The van der Waals surface area contributed by atoms with Gasteiger partial charge in [0.15, 0.2) is 18.3 Å². The van der Waals surface area contributed by atoms with Gasteiger partial charge in [-0.15, -0.1) is 0 Å². The minimum absolute atomic E-state index is 0.0415. The predicted molar refractivity (Wildman–Crippen MR) is 176 cm³/mol. The number of nitrogens with zero attached hydrogens (tertiary/aromatic N) is 3. The molecule has 1 aromatic rings. The van der Waals surface area contributed by atoms with Gasteiger partial charge in [-0.3, -0.25) is 24.2 Å². The van der Waals surface area contributed by atoms with Crippen LogP contribution in [-0.4, -0.2) is 109 Å². The van der Waals surface area contributed by atoms with Gasteiger partial charge in [0.25, 0.3) is 0 Å². The van der Waals surface area contributed by atoms with E-state index in [2.05, 4.69) is 21.6 Å². The summed E-state index contributed by atoms with van der Waals surface area (Å²) in [6.07, 6.45) is -0.168. The quantitative estimate of drug-likeness (QED) is 0.208. The molecule has 2 amide bonds. The normalized spacial score (nSPS) is 25.8. The number of aryl methyl sites for hydroxylation is 1. The third-order valence-electron chi connectivity index (χ3n) is 9.78. The van der Waals surface area contributed by atoms with Gasteiger partial charge < -0.3 is 34.7 Å². The molecule has 6 atom stereocenters. The van der Waals surface area contributed by atoms with E-state index in [4.69, 9.17) is 18.9 Å². The van der Waals surface area contributed by atoms with E-state index < -0.39 is 59.4 Å². The smallest absolute Gasteiger partial charge is 0.408 e. The summed E-state index contributed by atoms with van der Waals surface area (Å²) in [6, 6.07) is 0.496. The first-order valence-corrected chi connectivity index (χ1v) is 16.3. The summed E-state index contributed by atoms with van der Waals surface area (Å²) in [4.78, 5) is 56.6. The average Bonchev–Trinajstić information content (AvgIpc) is 3.03. The number of aliphatic hydroxyl groups excluding tert-OH is 1. The molecule has 3 heterocycles. The molecule has 0 radical (unpaired) electrons. The monoisotopic (exact) mass is 679 g/mol. The van der Waals surface area contributed by atoms with Crippen molar-refractivity contribution in [3.05, 3.63) is 45.2 Å². The lowest BCUT2D eigenvalue weighted by Crippen LogP contribution is -2.71. The number of hydrogen-bond acceptors (Lipinski definition) is 12. The Morgan fingerprint density at radius 3 is 2.43 bits per heavy atom. The second-order valence-corrected chi connectivity index (χ2v) is 14.0. The highest BCUT2D eigenvalue weighted by molar-refractivity contribution is 6.50. The molecule has 2 unspecified atom stereocenters. The number of fused-ring (bicyclic) bond motifs is 6. The van der Waals surface area contributed by atoms with Crippen LogP contribution in [0.1, 0.15) is 63.8 Å². The molecule has 1 saturated heterocycles. The van der Waals surface area contributed by atoms with E-state index >= 15 is 0 Å². The summed E-state index contributed by atoms with van der Waals surface area (Å²) in [5, 5.41) is 27.4. The van der Waals surface area contributed by atoms with Crippen LogP contribution >= 0.6 is 0 Å². The summed E-state index contributed by atoms with van der Waals surface area (Å²) in [5.74, 6) is -1.42. The van der Waals surface area contributed by atoms with E-state index in [1.54, 1.807) is 27.9 Å². The van der Waals surface area contributed by atoms with Crippen molar-refractivity contribution in [2.45, 2.75) is 96.2 Å². The van der Waals surface area contributed by atoms with Crippen molar-refractivity contribution in [3.63, 3.8) is 0 Å². The Balaban J connectivity index is 1.61. The number of nitrogens with one attached hydrogen (secondary N) is 2. The number of methoxy groups -OCH3 is 2. The van der Waals surface area contributed by atoms with Crippen LogP contribution in [0.25, 0.3) is 0 Å². The number of carbonyl (C=O) groups excluding carboxylic acids is 4. The number of aliphatic hydroxyl groups is 1.